The molecular formula is C16H24N2O3. The van der Waals surface area contributed by atoms with Crippen LogP contribution in [0, 0.1) is 0 Å². The zero-order valence-electron chi connectivity index (χ0n) is 13.1. The van der Waals surface area contributed by atoms with Gasteiger partial charge in [-0.25, -0.2) is 0 Å². The number of carbonyl (C=O) groups excluding carboxylic acids is 2. The predicted molar refractivity (Wildman–Crippen MR) is 83.6 cm³/mol. The van der Waals surface area contributed by atoms with Gasteiger partial charge in [-0.2, -0.15) is 0 Å². The van der Waals surface area contributed by atoms with Crippen LogP contribution >= 0.6 is 0 Å². The fourth-order valence-corrected chi connectivity index (χ4v) is 2.01. The third-order valence-electron chi connectivity index (χ3n) is 3.32. The Balaban J connectivity index is 2.65. The highest BCUT2D eigenvalue weighted by molar-refractivity contribution is 5.85. The molecule has 116 valence electrons. The maximum atomic E-state index is 11.2. The number of benzene rings is 1. The number of ether oxygens (including phenoxy) is 1. The minimum Gasteiger partial charge on any atom is -0.495 e. The van der Waals surface area contributed by atoms with Gasteiger partial charge >= 0.3 is 0 Å². The molecule has 1 aromatic rings. The number of amides is 2. The van der Waals surface area contributed by atoms with E-state index in [1.165, 1.54) is 5.56 Å². The Hall–Kier alpha value is -2.04. The standard InChI is InChI=1S/C16H24N2O3/c1-11(2)13-6-7-14(15(9-13)21-4)18-12(3)5-8-16(20)17-10-19/h6-7,9-12,18H,5,8H2,1-4H3,(H,17,19,20). The Morgan fingerprint density at radius 2 is 2.05 bits per heavy atom. The molecule has 2 N–H and O–H groups in total. The Kier molecular flexibility index (Phi) is 6.72. The number of rotatable bonds is 8. The van der Waals surface area contributed by atoms with E-state index in [9.17, 15) is 9.59 Å². The van der Waals surface area contributed by atoms with Crippen molar-refractivity contribution in [2.45, 2.75) is 45.6 Å². The van der Waals surface area contributed by atoms with E-state index in [-0.39, 0.29) is 11.9 Å². The molecule has 0 spiro atoms. The first-order valence-corrected chi connectivity index (χ1v) is 7.15. The van der Waals surface area contributed by atoms with Gasteiger partial charge in [0.2, 0.25) is 12.3 Å². The summed E-state index contributed by atoms with van der Waals surface area (Å²) in [4.78, 5) is 21.4. The van der Waals surface area contributed by atoms with E-state index in [1.54, 1.807) is 7.11 Å². The van der Waals surface area contributed by atoms with Crippen LogP contribution in [0.2, 0.25) is 0 Å². The minimum absolute atomic E-state index is 0.0983. The minimum atomic E-state index is -0.263. The Morgan fingerprint density at radius 1 is 1.33 bits per heavy atom. The molecule has 1 atom stereocenters. The molecule has 0 aliphatic heterocycles. The predicted octanol–water partition coefficient (Wildman–Crippen LogP) is 2.67. The summed E-state index contributed by atoms with van der Waals surface area (Å²) in [5, 5.41) is 5.47. The monoisotopic (exact) mass is 292 g/mol. The molecule has 0 saturated carbocycles. The fourth-order valence-electron chi connectivity index (χ4n) is 2.01. The van der Waals surface area contributed by atoms with Gasteiger partial charge in [0.05, 0.1) is 12.8 Å². The van der Waals surface area contributed by atoms with Crippen molar-refractivity contribution in [3.63, 3.8) is 0 Å². The van der Waals surface area contributed by atoms with Crippen LogP contribution in [0.5, 0.6) is 5.75 Å². The van der Waals surface area contributed by atoms with E-state index in [0.717, 1.165) is 11.4 Å². The molecule has 0 saturated heterocycles. The van der Waals surface area contributed by atoms with Crippen LogP contribution in [0.3, 0.4) is 0 Å². The van der Waals surface area contributed by atoms with Crippen molar-refractivity contribution in [3.05, 3.63) is 23.8 Å². The zero-order valence-corrected chi connectivity index (χ0v) is 13.1. The lowest BCUT2D eigenvalue weighted by atomic mass is 10.0. The van der Waals surface area contributed by atoms with Crippen molar-refractivity contribution in [3.8, 4) is 5.75 Å². The zero-order chi connectivity index (χ0) is 15.8. The van der Waals surface area contributed by atoms with E-state index in [0.29, 0.717) is 25.2 Å². The lowest BCUT2D eigenvalue weighted by molar-refractivity contribution is -0.125. The Bertz CT molecular complexity index is 486. The van der Waals surface area contributed by atoms with E-state index in [2.05, 4.69) is 30.5 Å². The Morgan fingerprint density at radius 3 is 2.62 bits per heavy atom. The molecule has 2 amide bonds. The van der Waals surface area contributed by atoms with Crippen LogP contribution in [0.15, 0.2) is 18.2 Å². The Labute approximate surface area is 126 Å². The van der Waals surface area contributed by atoms with Gasteiger partial charge in [-0.1, -0.05) is 19.9 Å². The summed E-state index contributed by atoms with van der Waals surface area (Å²) in [7, 11) is 1.65. The molecule has 1 unspecified atom stereocenters. The molecule has 0 fully saturated rings. The molecule has 5 nitrogen and oxygen atoms in total. The van der Waals surface area contributed by atoms with Crippen molar-refractivity contribution in [1.82, 2.24) is 5.32 Å². The molecule has 0 aliphatic carbocycles. The smallest absolute Gasteiger partial charge is 0.226 e. The summed E-state index contributed by atoms with van der Waals surface area (Å²) in [5.41, 5.74) is 2.13. The van der Waals surface area contributed by atoms with Crippen molar-refractivity contribution < 1.29 is 14.3 Å². The number of anilines is 1. The molecule has 1 aromatic carbocycles. The molecular weight excluding hydrogens is 268 g/mol. The summed E-state index contributed by atoms with van der Waals surface area (Å²) in [5.74, 6) is 0.976. The first-order chi connectivity index (χ1) is 9.97. The number of carbonyl (C=O) groups is 2. The lowest BCUT2D eigenvalue weighted by Crippen LogP contribution is -2.24. The number of hydrogen-bond acceptors (Lipinski definition) is 4. The van der Waals surface area contributed by atoms with Gasteiger partial charge in [0.1, 0.15) is 5.75 Å². The highest BCUT2D eigenvalue weighted by Gasteiger charge is 2.11. The summed E-state index contributed by atoms with van der Waals surface area (Å²) in [6.07, 6.45) is 1.35. The van der Waals surface area contributed by atoms with E-state index in [1.807, 2.05) is 19.1 Å². The normalized spacial score (nSPS) is 11.9. The first kappa shape index (κ1) is 17.0. The van der Waals surface area contributed by atoms with Crippen LogP contribution in [0.4, 0.5) is 5.69 Å². The summed E-state index contributed by atoms with van der Waals surface area (Å²) in [6.45, 7) is 6.26. The van der Waals surface area contributed by atoms with Gasteiger partial charge < -0.3 is 10.1 Å². The highest BCUT2D eigenvalue weighted by atomic mass is 16.5. The molecule has 0 bridgehead atoms. The largest absolute Gasteiger partial charge is 0.495 e. The van der Waals surface area contributed by atoms with Crippen molar-refractivity contribution in [2.75, 3.05) is 12.4 Å². The first-order valence-electron chi connectivity index (χ1n) is 7.15. The van der Waals surface area contributed by atoms with Crippen LogP contribution < -0.4 is 15.4 Å². The second kappa shape index (κ2) is 8.29. The average molecular weight is 292 g/mol. The number of methoxy groups -OCH3 is 1. The van der Waals surface area contributed by atoms with Crippen LogP contribution in [-0.2, 0) is 9.59 Å². The molecule has 1 rings (SSSR count). The molecule has 0 aromatic heterocycles. The third-order valence-corrected chi connectivity index (χ3v) is 3.32. The summed E-state index contributed by atoms with van der Waals surface area (Å²) < 4.78 is 5.41. The molecule has 0 heterocycles. The summed E-state index contributed by atoms with van der Waals surface area (Å²) in [6, 6.07) is 6.19. The molecule has 0 aliphatic rings. The quantitative estimate of drug-likeness (QED) is 0.723. The van der Waals surface area contributed by atoms with E-state index < -0.39 is 0 Å². The maximum Gasteiger partial charge on any atom is 0.226 e. The third kappa shape index (κ3) is 5.45. The highest BCUT2D eigenvalue weighted by Crippen LogP contribution is 2.29. The molecule has 0 radical (unpaired) electrons. The lowest BCUT2D eigenvalue weighted by Gasteiger charge is -2.18. The van der Waals surface area contributed by atoms with E-state index >= 15 is 0 Å². The van der Waals surface area contributed by atoms with Crippen LogP contribution in [0.1, 0.15) is 45.1 Å². The van der Waals surface area contributed by atoms with E-state index in [4.69, 9.17) is 4.74 Å². The SMILES string of the molecule is COc1cc(C(C)C)ccc1NC(C)CCC(=O)NC=O. The van der Waals surface area contributed by atoms with Gasteiger partial charge in [-0.05, 0) is 37.0 Å². The van der Waals surface area contributed by atoms with Gasteiger partial charge in [0.25, 0.3) is 0 Å². The molecule has 5 heteroatoms. The number of nitrogens with one attached hydrogen (secondary N) is 2. The van der Waals surface area contributed by atoms with Gasteiger partial charge in [0.15, 0.2) is 0 Å². The second-order valence-electron chi connectivity index (χ2n) is 5.38. The fraction of sp³-hybridized carbons (Fsp3) is 0.500. The average Bonchev–Trinajstić information content (AvgIpc) is 2.45. The topological polar surface area (TPSA) is 67.4 Å². The summed E-state index contributed by atoms with van der Waals surface area (Å²) >= 11 is 0. The van der Waals surface area contributed by atoms with Crippen LogP contribution in [-0.4, -0.2) is 25.5 Å². The van der Waals surface area contributed by atoms with Gasteiger partial charge in [0, 0.05) is 12.5 Å². The molecule has 21 heavy (non-hydrogen) atoms. The maximum absolute atomic E-state index is 11.2. The van der Waals surface area contributed by atoms with Gasteiger partial charge in [-0.15, -0.1) is 0 Å². The second-order valence-corrected chi connectivity index (χ2v) is 5.38. The van der Waals surface area contributed by atoms with Gasteiger partial charge in [-0.3, -0.25) is 14.9 Å². The van der Waals surface area contributed by atoms with Crippen LogP contribution in [0.25, 0.3) is 0 Å². The van der Waals surface area contributed by atoms with Crippen molar-refractivity contribution >= 4 is 18.0 Å². The van der Waals surface area contributed by atoms with Crippen molar-refractivity contribution in [1.29, 1.82) is 0 Å². The van der Waals surface area contributed by atoms with Crippen molar-refractivity contribution in [2.24, 2.45) is 0 Å². The number of imide groups is 1. The number of hydrogen-bond donors (Lipinski definition) is 2.